The molecule has 0 aliphatic heterocycles. The summed E-state index contributed by atoms with van der Waals surface area (Å²) in [5.74, 6) is -0.219. The van der Waals surface area contributed by atoms with Gasteiger partial charge in [-0.05, 0) is 73.4 Å². The molecule has 0 heterocycles. The van der Waals surface area contributed by atoms with E-state index in [0.717, 1.165) is 24.8 Å². The Hall–Kier alpha value is -2.87. The molecular weight excluding hydrogens is 454 g/mol. The first-order chi connectivity index (χ1) is 16.0. The second-order valence-corrected chi connectivity index (χ2v) is 11.1. The van der Waals surface area contributed by atoms with Crippen LogP contribution >= 0.6 is 0 Å². The highest BCUT2D eigenvalue weighted by molar-refractivity contribution is 7.92. The first-order valence-corrected chi connectivity index (χ1v) is 13.1. The van der Waals surface area contributed by atoms with Crippen LogP contribution in [0.4, 0.5) is 5.69 Å². The van der Waals surface area contributed by atoms with Crippen molar-refractivity contribution < 1.29 is 27.5 Å². The van der Waals surface area contributed by atoms with Crippen LogP contribution in [-0.4, -0.2) is 33.1 Å². The third kappa shape index (κ3) is 6.82. The van der Waals surface area contributed by atoms with Crippen molar-refractivity contribution in [3.63, 3.8) is 0 Å². The second-order valence-electron chi connectivity index (χ2n) is 9.43. The molecule has 2 aromatic rings. The van der Waals surface area contributed by atoms with Gasteiger partial charge in [0, 0.05) is 5.69 Å². The van der Waals surface area contributed by atoms with E-state index in [2.05, 4.69) is 25.5 Å². The molecule has 184 valence electrons. The summed E-state index contributed by atoms with van der Waals surface area (Å²) in [4.78, 5) is 24.8. The molecule has 1 N–H and O–H groups in total. The number of rotatable bonds is 8. The molecule has 3 unspecified atom stereocenters. The zero-order chi connectivity index (χ0) is 24.9. The third-order valence-corrected chi connectivity index (χ3v) is 7.59. The third-order valence-electron chi connectivity index (χ3n) is 6.22. The highest BCUT2D eigenvalue weighted by Gasteiger charge is 2.33. The van der Waals surface area contributed by atoms with E-state index >= 15 is 0 Å². The number of esters is 2. The van der Waals surface area contributed by atoms with E-state index in [9.17, 15) is 18.0 Å². The van der Waals surface area contributed by atoms with Gasteiger partial charge in [-0.15, -0.1) is 0 Å². The first-order valence-electron chi connectivity index (χ1n) is 11.6. The summed E-state index contributed by atoms with van der Waals surface area (Å²) in [5.41, 5.74) is 1.37. The van der Waals surface area contributed by atoms with Crippen LogP contribution in [0.1, 0.15) is 56.0 Å². The van der Waals surface area contributed by atoms with Crippen molar-refractivity contribution in [2.75, 3.05) is 11.3 Å². The van der Waals surface area contributed by atoms with E-state index in [0.29, 0.717) is 23.4 Å². The van der Waals surface area contributed by atoms with E-state index in [1.807, 2.05) is 13.0 Å². The maximum absolute atomic E-state index is 12.8. The number of carbonyl (C=O) groups is 2. The molecule has 0 bridgehead atoms. The minimum Gasteiger partial charge on any atom is -0.460 e. The predicted octanol–water partition coefficient (Wildman–Crippen LogP) is 4.96. The van der Waals surface area contributed by atoms with Gasteiger partial charge in [-0.2, -0.15) is 0 Å². The number of hydrogen-bond acceptors (Lipinski definition) is 6. The summed E-state index contributed by atoms with van der Waals surface area (Å²) in [6.45, 7) is 7.73. The number of benzene rings is 2. The molecule has 2 aromatic carbocycles. The van der Waals surface area contributed by atoms with Crippen molar-refractivity contribution in [3.05, 3.63) is 59.7 Å². The van der Waals surface area contributed by atoms with Crippen molar-refractivity contribution in [1.29, 1.82) is 0 Å². The van der Waals surface area contributed by atoms with Crippen LogP contribution in [0.15, 0.2) is 53.4 Å². The number of nitrogens with one attached hydrogen (secondary N) is 1. The normalized spacial score (nSPS) is 20.6. The molecule has 1 fully saturated rings. The molecule has 7 nitrogen and oxygen atoms in total. The van der Waals surface area contributed by atoms with Crippen LogP contribution in [0.5, 0.6) is 0 Å². The molecule has 3 rings (SSSR count). The van der Waals surface area contributed by atoms with Crippen LogP contribution in [0, 0.1) is 24.7 Å². The van der Waals surface area contributed by atoms with Crippen molar-refractivity contribution in [2.24, 2.45) is 17.8 Å². The Labute approximate surface area is 201 Å². The molecule has 0 amide bonds. The van der Waals surface area contributed by atoms with Gasteiger partial charge < -0.3 is 9.47 Å². The summed E-state index contributed by atoms with van der Waals surface area (Å²) >= 11 is 0. The summed E-state index contributed by atoms with van der Waals surface area (Å²) < 4.78 is 38.8. The number of hydrogen-bond donors (Lipinski definition) is 1. The summed E-state index contributed by atoms with van der Waals surface area (Å²) in [6, 6.07) is 12.5. The fraction of sp³-hybridized carbons (Fsp3) is 0.462. The van der Waals surface area contributed by atoms with Gasteiger partial charge in [0.15, 0.2) is 6.61 Å². The highest BCUT2D eigenvalue weighted by atomic mass is 32.2. The lowest BCUT2D eigenvalue weighted by molar-refractivity contribution is -0.159. The second kappa shape index (κ2) is 11.0. The molecule has 0 radical (unpaired) electrons. The van der Waals surface area contributed by atoms with Gasteiger partial charge in [-0.25, -0.2) is 18.0 Å². The van der Waals surface area contributed by atoms with Crippen LogP contribution < -0.4 is 4.72 Å². The summed E-state index contributed by atoms with van der Waals surface area (Å²) in [5, 5.41) is 0. The maximum atomic E-state index is 12.8. The van der Waals surface area contributed by atoms with Crippen LogP contribution in [0.2, 0.25) is 0 Å². The minimum absolute atomic E-state index is 0.0336. The molecule has 1 aliphatic rings. The fourth-order valence-corrected chi connectivity index (χ4v) is 5.47. The Morgan fingerprint density at radius 1 is 1.09 bits per heavy atom. The summed E-state index contributed by atoms with van der Waals surface area (Å²) in [7, 11) is -3.91. The maximum Gasteiger partial charge on any atom is 0.344 e. The molecule has 8 heteroatoms. The van der Waals surface area contributed by atoms with Crippen molar-refractivity contribution >= 4 is 27.6 Å². The SMILES string of the molecule is Cc1cccc(NS(=O)(=O)c2cccc(C(=O)OCC(=O)OC3CC(C)CCC3C(C)C)c2)c1. The van der Waals surface area contributed by atoms with E-state index in [4.69, 9.17) is 9.47 Å². The van der Waals surface area contributed by atoms with Crippen molar-refractivity contribution in [3.8, 4) is 0 Å². The van der Waals surface area contributed by atoms with E-state index < -0.39 is 28.6 Å². The van der Waals surface area contributed by atoms with Crippen molar-refractivity contribution in [2.45, 2.75) is 58.0 Å². The Morgan fingerprint density at radius 2 is 1.82 bits per heavy atom. The molecule has 0 aromatic heterocycles. The van der Waals surface area contributed by atoms with Crippen molar-refractivity contribution in [1.82, 2.24) is 0 Å². The number of anilines is 1. The lowest BCUT2D eigenvalue weighted by atomic mass is 9.75. The van der Waals surface area contributed by atoms with E-state index in [1.54, 1.807) is 18.2 Å². The molecule has 1 aliphatic carbocycles. The lowest BCUT2D eigenvalue weighted by Crippen LogP contribution is -2.36. The van der Waals surface area contributed by atoms with Gasteiger partial charge >= 0.3 is 11.9 Å². The molecule has 0 saturated heterocycles. The number of sulfonamides is 1. The Bertz CT molecular complexity index is 1130. The van der Waals surface area contributed by atoms with Gasteiger partial charge in [0.2, 0.25) is 0 Å². The number of ether oxygens (including phenoxy) is 2. The molecule has 1 saturated carbocycles. The van der Waals surface area contributed by atoms with Crippen LogP contribution in [-0.2, 0) is 24.3 Å². The largest absolute Gasteiger partial charge is 0.460 e. The van der Waals surface area contributed by atoms with Gasteiger partial charge in [0.25, 0.3) is 10.0 Å². The van der Waals surface area contributed by atoms with Gasteiger partial charge in [-0.3, -0.25) is 4.72 Å². The standard InChI is InChI=1S/C26H33NO6S/c1-17(2)23-12-11-19(4)14-24(23)33-25(28)16-32-26(29)20-8-6-10-22(15-20)34(30,31)27-21-9-5-7-18(3)13-21/h5-10,13,15,17,19,23-24,27H,11-12,14,16H2,1-4H3. The number of carbonyl (C=O) groups excluding carboxylic acids is 2. The van der Waals surface area contributed by atoms with Gasteiger partial charge in [0.1, 0.15) is 6.10 Å². The fourth-order valence-electron chi connectivity index (χ4n) is 4.37. The topological polar surface area (TPSA) is 98.8 Å². The molecule has 34 heavy (non-hydrogen) atoms. The Kier molecular flexibility index (Phi) is 8.36. The quantitative estimate of drug-likeness (QED) is 0.529. The average molecular weight is 488 g/mol. The minimum atomic E-state index is -3.91. The molecule has 3 atom stereocenters. The first kappa shape index (κ1) is 25.7. The predicted molar refractivity (Wildman–Crippen MR) is 130 cm³/mol. The zero-order valence-electron chi connectivity index (χ0n) is 20.1. The molecular formula is C26H33NO6S. The van der Waals surface area contributed by atoms with Crippen LogP contribution in [0.3, 0.4) is 0 Å². The highest BCUT2D eigenvalue weighted by Crippen LogP contribution is 2.35. The average Bonchev–Trinajstić information content (AvgIpc) is 2.77. The van der Waals surface area contributed by atoms with E-state index in [-0.39, 0.29) is 16.6 Å². The summed E-state index contributed by atoms with van der Waals surface area (Å²) in [6.07, 6.45) is 2.74. The molecule has 0 spiro atoms. The zero-order valence-corrected chi connectivity index (χ0v) is 20.9. The Balaban J connectivity index is 1.61. The number of aryl methyl sites for hydroxylation is 1. The van der Waals surface area contributed by atoms with E-state index in [1.165, 1.54) is 24.3 Å². The van der Waals surface area contributed by atoms with Crippen LogP contribution in [0.25, 0.3) is 0 Å². The monoisotopic (exact) mass is 487 g/mol. The van der Waals surface area contributed by atoms with Gasteiger partial charge in [-0.1, -0.05) is 45.4 Å². The lowest BCUT2D eigenvalue weighted by Gasteiger charge is -2.36. The Morgan fingerprint density at radius 3 is 2.53 bits per heavy atom. The smallest absolute Gasteiger partial charge is 0.344 e. The van der Waals surface area contributed by atoms with Gasteiger partial charge in [0.05, 0.1) is 10.5 Å².